The first-order valence-corrected chi connectivity index (χ1v) is 11.3. The third-order valence-electron chi connectivity index (χ3n) is 5.10. The lowest BCUT2D eigenvalue weighted by Gasteiger charge is -2.14. The van der Waals surface area contributed by atoms with E-state index in [2.05, 4.69) is 5.32 Å². The molecule has 0 aliphatic heterocycles. The molecule has 0 saturated heterocycles. The molecule has 4 aromatic rings. The van der Waals surface area contributed by atoms with E-state index in [4.69, 9.17) is 0 Å². The fourth-order valence-electron chi connectivity index (χ4n) is 3.48. The van der Waals surface area contributed by atoms with Crippen LogP contribution in [-0.4, -0.2) is 37.3 Å². The molecular formula is C24H23N3O3S. The Bertz CT molecular complexity index is 1340. The molecule has 0 aliphatic carbocycles. The molecule has 7 heteroatoms. The van der Waals surface area contributed by atoms with Gasteiger partial charge in [0.15, 0.2) is 0 Å². The van der Waals surface area contributed by atoms with Crippen LogP contribution >= 0.6 is 0 Å². The van der Waals surface area contributed by atoms with Gasteiger partial charge in [0.25, 0.3) is 5.91 Å². The summed E-state index contributed by atoms with van der Waals surface area (Å²) in [7, 11) is -0.643. The van der Waals surface area contributed by atoms with Crippen molar-refractivity contribution < 1.29 is 13.2 Å². The van der Waals surface area contributed by atoms with Crippen molar-refractivity contribution in [2.75, 3.05) is 19.4 Å². The van der Waals surface area contributed by atoms with Crippen LogP contribution in [0.2, 0.25) is 0 Å². The number of para-hydroxylation sites is 1. The van der Waals surface area contributed by atoms with E-state index < -0.39 is 10.0 Å². The molecule has 31 heavy (non-hydrogen) atoms. The number of nitrogens with zero attached hydrogens (tertiary/aromatic N) is 2. The van der Waals surface area contributed by atoms with Crippen molar-refractivity contribution in [3.63, 3.8) is 0 Å². The minimum atomic E-state index is -3.59. The largest absolute Gasteiger partial charge is 0.332 e. The number of aromatic nitrogens is 1. The van der Waals surface area contributed by atoms with E-state index in [0.29, 0.717) is 17.9 Å². The van der Waals surface area contributed by atoms with Gasteiger partial charge in [-0.05, 0) is 35.9 Å². The highest BCUT2D eigenvalue weighted by Crippen LogP contribution is 2.23. The van der Waals surface area contributed by atoms with Crippen LogP contribution in [0.4, 0.5) is 5.69 Å². The van der Waals surface area contributed by atoms with Gasteiger partial charge in [0.05, 0.1) is 4.90 Å². The summed E-state index contributed by atoms with van der Waals surface area (Å²) < 4.78 is 28.0. The lowest BCUT2D eigenvalue weighted by Crippen LogP contribution is -2.22. The summed E-state index contributed by atoms with van der Waals surface area (Å²) in [6.07, 6.45) is 0. The van der Waals surface area contributed by atoms with E-state index in [1.165, 1.54) is 26.2 Å². The minimum Gasteiger partial charge on any atom is -0.332 e. The lowest BCUT2D eigenvalue weighted by molar-refractivity contribution is 0.101. The van der Waals surface area contributed by atoms with Crippen molar-refractivity contribution in [1.82, 2.24) is 8.87 Å². The number of nitrogens with one attached hydrogen (secondary N) is 1. The monoisotopic (exact) mass is 433 g/mol. The topological polar surface area (TPSA) is 71.4 Å². The predicted octanol–water partition coefficient (Wildman–Crippen LogP) is 4.19. The van der Waals surface area contributed by atoms with Crippen molar-refractivity contribution in [1.29, 1.82) is 0 Å². The fourth-order valence-corrected chi connectivity index (χ4v) is 4.42. The molecule has 0 spiro atoms. The summed E-state index contributed by atoms with van der Waals surface area (Å²) in [6.45, 7) is 0.548. The second-order valence-electron chi connectivity index (χ2n) is 7.43. The van der Waals surface area contributed by atoms with Gasteiger partial charge in [-0.2, -0.15) is 0 Å². The van der Waals surface area contributed by atoms with Gasteiger partial charge in [0.2, 0.25) is 10.0 Å². The second kappa shape index (κ2) is 8.37. The molecule has 0 saturated carbocycles. The molecule has 0 unspecified atom stereocenters. The number of amides is 1. The molecule has 0 radical (unpaired) electrons. The quantitative estimate of drug-likeness (QED) is 0.496. The molecule has 0 fully saturated rings. The number of hydrogen-bond donors (Lipinski definition) is 1. The van der Waals surface area contributed by atoms with Crippen molar-refractivity contribution in [3.8, 4) is 0 Å². The van der Waals surface area contributed by atoms with Crippen molar-refractivity contribution in [2.24, 2.45) is 0 Å². The average molecular weight is 434 g/mol. The number of anilines is 1. The standard InChI is InChI=1S/C24H23N3O3S/c1-26(2)31(29,30)21-13-8-12-20(16-21)25-24(28)23-15-19-11-6-7-14-22(19)27(23)17-18-9-4-3-5-10-18/h3-16H,17H2,1-2H3,(H,25,28). The van der Waals surface area contributed by atoms with Crippen molar-refractivity contribution >= 4 is 32.5 Å². The van der Waals surface area contributed by atoms with Gasteiger partial charge in [0, 0.05) is 37.2 Å². The smallest absolute Gasteiger partial charge is 0.272 e. The third kappa shape index (κ3) is 4.23. The Morgan fingerprint density at radius 1 is 0.903 bits per heavy atom. The van der Waals surface area contributed by atoms with Gasteiger partial charge in [0.1, 0.15) is 5.69 Å². The maximum Gasteiger partial charge on any atom is 0.272 e. The van der Waals surface area contributed by atoms with E-state index in [1.54, 1.807) is 12.1 Å². The van der Waals surface area contributed by atoms with Crippen LogP contribution in [0.15, 0.2) is 89.8 Å². The second-order valence-corrected chi connectivity index (χ2v) is 9.58. The number of carbonyl (C=O) groups excluding carboxylic acids is 1. The summed E-state index contributed by atoms with van der Waals surface area (Å²) >= 11 is 0. The molecule has 158 valence electrons. The van der Waals surface area contributed by atoms with E-state index in [-0.39, 0.29) is 10.8 Å². The molecule has 1 N–H and O–H groups in total. The summed E-state index contributed by atoms with van der Waals surface area (Å²) in [4.78, 5) is 13.3. The average Bonchev–Trinajstić information content (AvgIpc) is 3.13. The van der Waals surface area contributed by atoms with Crippen molar-refractivity contribution in [3.05, 3.63) is 96.2 Å². The SMILES string of the molecule is CN(C)S(=O)(=O)c1cccc(NC(=O)c2cc3ccccc3n2Cc2ccccc2)c1. The minimum absolute atomic E-state index is 0.125. The Labute approximate surface area is 181 Å². The Morgan fingerprint density at radius 2 is 1.61 bits per heavy atom. The number of fused-ring (bicyclic) bond motifs is 1. The molecule has 0 aliphatic rings. The zero-order chi connectivity index (χ0) is 22.0. The van der Waals surface area contributed by atoms with E-state index in [9.17, 15) is 13.2 Å². The molecule has 1 heterocycles. The maximum atomic E-state index is 13.2. The molecule has 6 nitrogen and oxygen atoms in total. The Hall–Kier alpha value is -3.42. The highest BCUT2D eigenvalue weighted by molar-refractivity contribution is 7.89. The summed E-state index contributed by atoms with van der Waals surface area (Å²) in [5.41, 5.74) is 2.97. The number of carbonyl (C=O) groups is 1. The maximum absolute atomic E-state index is 13.2. The third-order valence-corrected chi connectivity index (χ3v) is 6.91. The number of hydrogen-bond acceptors (Lipinski definition) is 3. The number of benzene rings is 3. The number of rotatable bonds is 6. The first-order chi connectivity index (χ1) is 14.9. The highest BCUT2D eigenvalue weighted by Gasteiger charge is 2.19. The van der Waals surface area contributed by atoms with Gasteiger partial charge in [-0.15, -0.1) is 0 Å². The zero-order valence-electron chi connectivity index (χ0n) is 17.3. The molecule has 3 aromatic carbocycles. The number of sulfonamides is 1. The van der Waals surface area contributed by atoms with Crippen LogP contribution in [0.25, 0.3) is 10.9 Å². The van der Waals surface area contributed by atoms with E-state index in [1.807, 2.05) is 65.2 Å². The lowest BCUT2D eigenvalue weighted by atomic mass is 10.2. The van der Waals surface area contributed by atoms with Crippen LogP contribution in [0.3, 0.4) is 0 Å². The zero-order valence-corrected chi connectivity index (χ0v) is 18.1. The van der Waals surface area contributed by atoms with Crippen LogP contribution in [-0.2, 0) is 16.6 Å². The molecule has 0 bridgehead atoms. The van der Waals surface area contributed by atoms with Crippen LogP contribution in [0.1, 0.15) is 16.1 Å². The Morgan fingerprint density at radius 3 is 2.35 bits per heavy atom. The predicted molar refractivity (Wildman–Crippen MR) is 123 cm³/mol. The van der Waals surface area contributed by atoms with Gasteiger partial charge in [-0.3, -0.25) is 4.79 Å². The molecule has 1 aromatic heterocycles. The first kappa shape index (κ1) is 20.8. The van der Waals surface area contributed by atoms with Crippen LogP contribution in [0.5, 0.6) is 0 Å². The first-order valence-electron chi connectivity index (χ1n) is 9.82. The van der Waals surface area contributed by atoms with Gasteiger partial charge in [-0.1, -0.05) is 54.6 Å². The Balaban J connectivity index is 1.70. The normalized spacial score (nSPS) is 11.7. The van der Waals surface area contributed by atoms with E-state index in [0.717, 1.165) is 20.8 Å². The van der Waals surface area contributed by atoms with Gasteiger partial charge in [-0.25, -0.2) is 12.7 Å². The van der Waals surface area contributed by atoms with Crippen LogP contribution < -0.4 is 5.32 Å². The molecule has 1 amide bonds. The van der Waals surface area contributed by atoms with Gasteiger partial charge < -0.3 is 9.88 Å². The van der Waals surface area contributed by atoms with Crippen molar-refractivity contribution in [2.45, 2.75) is 11.4 Å². The molecule has 0 atom stereocenters. The van der Waals surface area contributed by atoms with E-state index >= 15 is 0 Å². The Kier molecular flexibility index (Phi) is 5.63. The molecule has 4 rings (SSSR count). The molecular weight excluding hydrogens is 410 g/mol. The summed E-state index contributed by atoms with van der Waals surface area (Å²) in [5, 5.41) is 3.82. The summed E-state index contributed by atoms with van der Waals surface area (Å²) in [6, 6.07) is 25.9. The summed E-state index contributed by atoms with van der Waals surface area (Å²) in [5.74, 6) is -0.300. The fraction of sp³-hybridized carbons (Fsp3) is 0.125. The highest BCUT2D eigenvalue weighted by atomic mass is 32.2. The van der Waals surface area contributed by atoms with Crippen LogP contribution in [0, 0.1) is 0 Å². The van der Waals surface area contributed by atoms with Gasteiger partial charge >= 0.3 is 0 Å².